The molecule has 5 rings (SSSR count). The van der Waals surface area contributed by atoms with Gasteiger partial charge in [0.25, 0.3) is 10.0 Å². The number of carbonyl (C=O) groups is 2. The van der Waals surface area contributed by atoms with E-state index in [2.05, 4.69) is 21.2 Å². The van der Waals surface area contributed by atoms with Crippen molar-refractivity contribution in [2.75, 3.05) is 10.8 Å². The molecule has 1 atom stereocenters. The first kappa shape index (κ1) is 32.4. The van der Waals surface area contributed by atoms with E-state index >= 15 is 4.39 Å². The fraction of sp³-hybridized carbons (Fsp3) is 0.257. The second-order valence-corrected chi connectivity index (χ2v) is 13.9. The highest BCUT2D eigenvalue weighted by molar-refractivity contribution is 9.10. The number of hydrogen-bond acceptors (Lipinski definition) is 4. The summed E-state index contributed by atoms with van der Waals surface area (Å²) in [5.74, 6) is -1.73. The van der Waals surface area contributed by atoms with Crippen molar-refractivity contribution in [3.8, 4) is 0 Å². The van der Waals surface area contributed by atoms with Crippen LogP contribution in [0, 0.1) is 5.82 Å². The van der Waals surface area contributed by atoms with Gasteiger partial charge in [0.2, 0.25) is 11.8 Å². The molecule has 0 unspecified atom stereocenters. The van der Waals surface area contributed by atoms with E-state index in [-0.39, 0.29) is 35.5 Å². The Kier molecular flexibility index (Phi) is 10.7. The molecule has 1 aliphatic rings. The summed E-state index contributed by atoms with van der Waals surface area (Å²) >= 11 is 3.44. The zero-order valence-electron chi connectivity index (χ0n) is 24.7. The van der Waals surface area contributed by atoms with Crippen LogP contribution >= 0.6 is 15.9 Å². The maximum Gasteiger partial charge on any atom is 0.264 e. The molecule has 7 nitrogen and oxygen atoms in total. The van der Waals surface area contributed by atoms with Crippen LogP contribution in [0.1, 0.15) is 36.8 Å². The van der Waals surface area contributed by atoms with Gasteiger partial charge in [0.1, 0.15) is 18.4 Å². The van der Waals surface area contributed by atoms with E-state index in [4.69, 9.17) is 0 Å². The van der Waals surface area contributed by atoms with Gasteiger partial charge < -0.3 is 10.2 Å². The van der Waals surface area contributed by atoms with Gasteiger partial charge in [-0.15, -0.1) is 0 Å². The summed E-state index contributed by atoms with van der Waals surface area (Å²) in [5.41, 5.74) is 1.34. The molecule has 234 valence electrons. The van der Waals surface area contributed by atoms with Gasteiger partial charge in [-0.05, 0) is 60.4 Å². The summed E-state index contributed by atoms with van der Waals surface area (Å²) in [5, 5.41) is 3.15. The summed E-state index contributed by atoms with van der Waals surface area (Å²) in [6.45, 7) is -0.672. The Morgan fingerprint density at radius 1 is 0.822 bits per heavy atom. The molecule has 4 aromatic rings. The lowest BCUT2D eigenvalue weighted by molar-refractivity contribution is -0.140. The molecule has 0 aromatic heterocycles. The van der Waals surface area contributed by atoms with Gasteiger partial charge in [-0.1, -0.05) is 102 Å². The van der Waals surface area contributed by atoms with Crippen molar-refractivity contribution in [3.63, 3.8) is 0 Å². The van der Waals surface area contributed by atoms with Crippen molar-refractivity contribution < 1.29 is 22.4 Å². The molecule has 0 aliphatic heterocycles. The van der Waals surface area contributed by atoms with Crippen LogP contribution in [0.25, 0.3) is 0 Å². The molecule has 2 amide bonds. The Hall–Kier alpha value is -4.02. The average molecular weight is 693 g/mol. The minimum Gasteiger partial charge on any atom is -0.352 e. The average Bonchev–Trinajstić information content (AvgIpc) is 3.56. The highest BCUT2D eigenvalue weighted by Crippen LogP contribution is 2.27. The number of rotatable bonds is 12. The number of anilines is 1. The Morgan fingerprint density at radius 3 is 2.07 bits per heavy atom. The Bertz CT molecular complexity index is 1700. The first-order chi connectivity index (χ1) is 21.7. The van der Waals surface area contributed by atoms with E-state index in [0.717, 1.165) is 51.7 Å². The maximum absolute atomic E-state index is 15.2. The molecule has 1 saturated carbocycles. The SMILES string of the molecule is O=C(NC1CCCC1)[C@H](Cc1ccccc1)N(Cc1ccc(Br)cc1)C(=O)CN(c1ccccc1F)S(=O)(=O)c1ccccc1. The largest absolute Gasteiger partial charge is 0.352 e. The van der Waals surface area contributed by atoms with E-state index in [0.29, 0.717) is 0 Å². The topological polar surface area (TPSA) is 86.8 Å². The number of nitrogens with one attached hydrogen (secondary N) is 1. The van der Waals surface area contributed by atoms with Crippen molar-refractivity contribution in [2.45, 2.75) is 55.6 Å². The van der Waals surface area contributed by atoms with Gasteiger partial charge >= 0.3 is 0 Å². The third-order valence-electron chi connectivity index (χ3n) is 7.97. The summed E-state index contributed by atoms with van der Waals surface area (Å²) in [7, 11) is -4.37. The molecule has 1 N–H and O–H groups in total. The van der Waals surface area contributed by atoms with E-state index in [1.54, 1.807) is 18.2 Å². The molecule has 4 aromatic carbocycles. The van der Waals surface area contributed by atoms with Gasteiger partial charge in [0.15, 0.2) is 0 Å². The minimum atomic E-state index is -4.37. The van der Waals surface area contributed by atoms with Crippen LogP contribution in [0.3, 0.4) is 0 Å². The van der Waals surface area contributed by atoms with E-state index < -0.39 is 34.3 Å². The zero-order valence-corrected chi connectivity index (χ0v) is 27.1. The van der Waals surface area contributed by atoms with Crippen LogP contribution in [0.2, 0.25) is 0 Å². The number of carbonyl (C=O) groups excluding carboxylic acids is 2. The van der Waals surface area contributed by atoms with E-state index in [9.17, 15) is 18.0 Å². The monoisotopic (exact) mass is 691 g/mol. The third kappa shape index (κ3) is 8.18. The third-order valence-corrected chi connectivity index (χ3v) is 10.3. The molecule has 1 aliphatic carbocycles. The lowest BCUT2D eigenvalue weighted by atomic mass is 10.0. The van der Waals surface area contributed by atoms with Crippen LogP contribution in [-0.4, -0.2) is 43.8 Å². The zero-order chi connectivity index (χ0) is 31.8. The van der Waals surface area contributed by atoms with Gasteiger partial charge in [-0.2, -0.15) is 0 Å². The molecule has 0 heterocycles. The predicted molar refractivity (Wildman–Crippen MR) is 176 cm³/mol. The molecule has 0 spiro atoms. The predicted octanol–water partition coefficient (Wildman–Crippen LogP) is 6.48. The first-order valence-corrected chi connectivity index (χ1v) is 17.2. The van der Waals surface area contributed by atoms with Gasteiger partial charge in [0, 0.05) is 23.5 Å². The fourth-order valence-corrected chi connectivity index (χ4v) is 7.30. The lowest BCUT2D eigenvalue weighted by Crippen LogP contribution is -2.54. The minimum absolute atomic E-state index is 0.00813. The molecular weight excluding hydrogens is 657 g/mol. The number of para-hydroxylation sites is 1. The summed E-state index contributed by atoms with van der Waals surface area (Å²) < 4.78 is 44.8. The summed E-state index contributed by atoms with van der Waals surface area (Å²) in [6.07, 6.45) is 3.98. The number of benzene rings is 4. The number of nitrogens with zero attached hydrogens (tertiary/aromatic N) is 2. The molecule has 0 bridgehead atoms. The van der Waals surface area contributed by atoms with Crippen LogP contribution in [0.5, 0.6) is 0 Å². The Morgan fingerprint density at radius 2 is 1.42 bits per heavy atom. The van der Waals surface area contributed by atoms with Crippen LogP contribution in [-0.2, 0) is 32.6 Å². The van der Waals surface area contributed by atoms with Crippen molar-refractivity contribution in [1.82, 2.24) is 10.2 Å². The molecule has 0 saturated heterocycles. The molecular formula is C35H35BrFN3O4S. The number of amides is 2. The van der Waals surface area contributed by atoms with E-state index in [1.807, 2.05) is 54.6 Å². The Labute approximate surface area is 272 Å². The van der Waals surface area contributed by atoms with E-state index in [1.165, 1.54) is 35.2 Å². The van der Waals surface area contributed by atoms with Gasteiger partial charge in [-0.25, -0.2) is 12.8 Å². The maximum atomic E-state index is 15.2. The summed E-state index contributed by atoms with van der Waals surface area (Å²) in [4.78, 5) is 29.8. The molecule has 1 fully saturated rings. The summed E-state index contributed by atoms with van der Waals surface area (Å²) in [6, 6.07) is 28.9. The fourth-order valence-electron chi connectivity index (χ4n) is 5.60. The number of hydrogen-bond donors (Lipinski definition) is 1. The number of sulfonamides is 1. The quantitative estimate of drug-likeness (QED) is 0.184. The van der Waals surface area contributed by atoms with Crippen molar-refractivity contribution in [3.05, 3.63) is 131 Å². The first-order valence-electron chi connectivity index (χ1n) is 14.9. The smallest absolute Gasteiger partial charge is 0.264 e. The van der Waals surface area contributed by atoms with Crippen LogP contribution < -0.4 is 9.62 Å². The lowest BCUT2D eigenvalue weighted by Gasteiger charge is -2.34. The second kappa shape index (κ2) is 14.8. The van der Waals surface area contributed by atoms with Gasteiger partial charge in [0.05, 0.1) is 10.6 Å². The van der Waals surface area contributed by atoms with Crippen molar-refractivity contribution >= 4 is 43.5 Å². The molecule has 0 radical (unpaired) electrons. The number of halogens is 2. The molecule has 10 heteroatoms. The second-order valence-electron chi connectivity index (χ2n) is 11.1. The Balaban J connectivity index is 1.56. The van der Waals surface area contributed by atoms with Crippen LogP contribution in [0.15, 0.2) is 119 Å². The highest BCUT2D eigenvalue weighted by Gasteiger charge is 2.36. The van der Waals surface area contributed by atoms with Crippen LogP contribution in [0.4, 0.5) is 10.1 Å². The van der Waals surface area contributed by atoms with Crippen molar-refractivity contribution in [2.24, 2.45) is 0 Å². The van der Waals surface area contributed by atoms with Gasteiger partial charge in [-0.3, -0.25) is 13.9 Å². The highest BCUT2D eigenvalue weighted by atomic mass is 79.9. The normalized spacial score (nSPS) is 14.1. The molecule has 45 heavy (non-hydrogen) atoms. The van der Waals surface area contributed by atoms with Crippen molar-refractivity contribution in [1.29, 1.82) is 0 Å². The standard InChI is InChI=1S/C35H35BrFN3O4S/c36-28-21-19-27(20-22-28)24-39(33(23-26-11-3-1-4-12-26)35(42)38-29-13-7-8-14-29)34(41)25-40(32-18-10-9-17-31(32)37)45(43,44)30-15-5-2-6-16-30/h1-6,9-12,15-22,29,33H,7-8,13-14,23-25H2,(H,38,42)/t33-/m0/s1.